The molecule has 1 N–H and O–H groups in total. The quantitative estimate of drug-likeness (QED) is 0.593. The van der Waals surface area contributed by atoms with Crippen molar-refractivity contribution < 1.29 is 17.6 Å². The average Bonchev–Trinajstić information content (AvgIpc) is 2.61. The van der Waals surface area contributed by atoms with Gasteiger partial charge < -0.3 is 0 Å². The smallest absolute Gasteiger partial charge is 0.255 e. The van der Waals surface area contributed by atoms with E-state index >= 15 is 0 Å². The van der Waals surface area contributed by atoms with Gasteiger partial charge in [0.05, 0.1) is 17.7 Å². The summed E-state index contributed by atoms with van der Waals surface area (Å²) in [4.78, 5) is 11.9. The van der Waals surface area contributed by atoms with Crippen molar-refractivity contribution in [1.82, 2.24) is 9.73 Å². The van der Waals surface area contributed by atoms with Gasteiger partial charge in [-0.15, -0.1) is 0 Å². The molecule has 1 amide bonds. The van der Waals surface area contributed by atoms with Crippen LogP contribution in [0.15, 0.2) is 58.5 Å². The number of sulfonamides is 1. The van der Waals surface area contributed by atoms with Crippen LogP contribution >= 0.6 is 0 Å². The first-order valence-corrected chi connectivity index (χ1v) is 10.1. The number of nitrogens with zero attached hydrogens (tertiary/aromatic N) is 2. The molecule has 0 atom stereocenters. The zero-order valence-corrected chi connectivity index (χ0v) is 17.1. The fourth-order valence-corrected chi connectivity index (χ4v) is 3.48. The highest BCUT2D eigenvalue weighted by molar-refractivity contribution is 7.89. The predicted molar refractivity (Wildman–Crippen MR) is 107 cm³/mol. The lowest BCUT2D eigenvalue weighted by molar-refractivity contribution is -0.121. The summed E-state index contributed by atoms with van der Waals surface area (Å²) >= 11 is 0. The number of benzene rings is 2. The van der Waals surface area contributed by atoms with Crippen LogP contribution in [0.3, 0.4) is 0 Å². The number of carbonyl (C=O) groups excluding carboxylic acids is 1. The fraction of sp³-hybridized carbons (Fsp3) is 0.300. The molecule has 0 radical (unpaired) electrons. The van der Waals surface area contributed by atoms with Gasteiger partial charge in [-0.1, -0.05) is 45.0 Å². The molecular weight excluding hydrogens is 381 g/mol. The molecule has 0 aliphatic carbocycles. The Morgan fingerprint density at radius 3 is 2.21 bits per heavy atom. The van der Waals surface area contributed by atoms with E-state index in [4.69, 9.17) is 0 Å². The second kappa shape index (κ2) is 8.62. The van der Waals surface area contributed by atoms with Crippen LogP contribution in [0.2, 0.25) is 0 Å². The molecule has 0 unspecified atom stereocenters. The van der Waals surface area contributed by atoms with Gasteiger partial charge in [0.1, 0.15) is 5.82 Å². The summed E-state index contributed by atoms with van der Waals surface area (Å²) in [5.74, 6) is -1.13. The number of carbonyl (C=O) groups is 1. The topological polar surface area (TPSA) is 78.8 Å². The van der Waals surface area contributed by atoms with E-state index in [9.17, 15) is 17.6 Å². The first-order valence-electron chi connectivity index (χ1n) is 8.64. The number of halogens is 1. The second-order valence-corrected chi connectivity index (χ2v) is 9.43. The van der Waals surface area contributed by atoms with E-state index in [0.29, 0.717) is 0 Å². The average molecular weight is 405 g/mol. The molecule has 0 heterocycles. The van der Waals surface area contributed by atoms with Crippen molar-refractivity contribution in [1.29, 1.82) is 0 Å². The van der Waals surface area contributed by atoms with E-state index in [1.807, 2.05) is 24.3 Å². The number of nitrogens with one attached hydrogen (secondary N) is 1. The Balaban J connectivity index is 1.94. The molecule has 2 aromatic carbocycles. The monoisotopic (exact) mass is 405 g/mol. The maximum atomic E-state index is 13.0. The molecule has 2 aromatic rings. The van der Waals surface area contributed by atoms with Gasteiger partial charge in [-0.05, 0) is 40.8 Å². The maximum Gasteiger partial charge on any atom is 0.255 e. The van der Waals surface area contributed by atoms with Gasteiger partial charge in [0.25, 0.3) is 5.91 Å². The number of hydrazone groups is 1. The number of hydrogen-bond acceptors (Lipinski definition) is 4. The van der Waals surface area contributed by atoms with Crippen LogP contribution in [-0.4, -0.2) is 38.4 Å². The van der Waals surface area contributed by atoms with Crippen LogP contribution in [-0.2, 0) is 20.2 Å². The predicted octanol–water partition coefficient (Wildman–Crippen LogP) is 2.89. The van der Waals surface area contributed by atoms with E-state index in [2.05, 4.69) is 31.3 Å². The lowest BCUT2D eigenvalue weighted by Gasteiger charge is -2.18. The van der Waals surface area contributed by atoms with Crippen LogP contribution in [0.4, 0.5) is 4.39 Å². The normalized spacial score (nSPS) is 12.5. The van der Waals surface area contributed by atoms with Gasteiger partial charge in [0, 0.05) is 7.05 Å². The summed E-state index contributed by atoms with van der Waals surface area (Å²) in [6.07, 6.45) is 1.48. The third-order valence-electron chi connectivity index (χ3n) is 4.07. The molecule has 0 aliphatic rings. The molecule has 0 saturated carbocycles. The van der Waals surface area contributed by atoms with Gasteiger partial charge in [0.15, 0.2) is 0 Å². The Morgan fingerprint density at radius 1 is 1.11 bits per heavy atom. The molecule has 0 bridgehead atoms. The minimum atomic E-state index is -3.89. The van der Waals surface area contributed by atoms with Crippen LogP contribution < -0.4 is 5.43 Å². The largest absolute Gasteiger partial charge is 0.272 e. The minimum Gasteiger partial charge on any atom is -0.272 e. The highest BCUT2D eigenvalue weighted by Gasteiger charge is 2.22. The Hall–Kier alpha value is -2.58. The number of amides is 1. The molecule has 0 aromatic heterocycles. The molecule has 8 heteroatoms. The van der Waals surface area contributed by atoms with E-state index < -0.39 is 28.3 Å². The molecule has 0 saturated heterocycles. The van der Waals surface area contributed by atoms with E-state index in [1.165, 1.54) is 18.8 Å². The van der Waals surface area contributed by atoms with Crippen molar-refractivity contribution in [3.05, 3.63) is 65.5 Å². The van der Waals surface area contributed by atoms with Crippen molar-refractivity contribution in [3.8, 4) is 0 Å². The Bertz CT molecular complexity index is 948. The highest BCUT2D eigenvalue weighted by atomic mass is 32.2. The van der Waals surface area contributed by atoms with E-state index in [-0.39, 0.29) is 10.3 Å². The third-order valence-corrected chi connectivity index (χ3v) is 5.89. The van der Waals surface area contributed by atoms with Gasteiger partial charge in [-0.25, -0.2) is 18.2 Å². The summed E-state index contributed by atoms with van der Waals surface area (Å²) in [5, 5.41) is 3.86. The van der Waals surface area contributed by atoms with Crippen molar-refractivity contribution in [2.75, 3.05) is 13.6 Å². The molecular formula is C20H24FN3O3S. The first kappa shape index (κ1) is 21.7. The van der Waals surface area contributed by atoms with Gasteiger partial charge in [-0.2, -0.15) is 9.41 Å². The molecule has 0 fully saturated rings. The molecule has 0 aliphatic heterocycles. The molecule has 150 valence electrons. The number of likely N-dealkylation sites (N-methyl/N-ethyl adjacent to an activating group) is 1. The third kappa shape index (κ3) is 5.71. The zero-order chi connectivity index (χ0) is 20.9. The SMILES string of the molecule is CN(CC(=O)N/N=C\c1ccc(C(C)(C)C)cc1)S(=O)(=O)c1ccc(F)cc1. The van der Waals surface area contributed by atoms with Crippen LogP contribution in [0.1, 0.15) is 31.9 Å². The Morgan fingerprint density at radius 2 is 1.68 bits per heavy atom. The zero-order valence-electron chi connectivity index (χ0n) is 16.3. The second-order valence-electron chi connectivity index (χ2n) is 7.38. The maximum absolute atomic E-state index is 13.0. The standard InChI is InChI=1S/C20H24FN3O3S/c1-20(2,3)16-7-5-15(6-8-16)13-22-23-19(25)14-24(4)28(26,27)18-11-9-17(21)10-12-18/h5-13H,14H2,1-4H3,(H,23,25)/b22-13-. The molecule has 2 rings (SSSR count). The van der Waals surface area contributed by atoms with E-state index in [1.54, 1.807) is 0 Å². The van der Waals surface area contributed by atoms with Crippen LogP contribution in [0, 0.1) is 5.82 Å². The van der Waals surface area contributed by atoms with Crippen molar-refractivity contribution in [2.45, 2.75) is 31.1 Å². The summed E-state index contributed by atoms with van der Waals surface area (Å²) < 4.78 is 38.6. The summed E-state index contributed by atoms with van der Waals surface area (Å²) in [6.45, 7) is 5.94. The summed E-state index contributed by atoms with van der Waals surface area (Å²) in [5.41, 5.74) is 4.34. The highest BCUT2D eigenvalue weighted by Crippen LogP contribution is 2.21. The van der Waals surface area contributed by atoms with Gasteiger partial charge in [0.2, 0.25) is 10.0 Å². The molecule has 0 spiro atoms. The van der Waals surface area contributed by atoms with Gasteiger partial charge >= 0.3 is 0 Å². The summed E-state index contributed by atoms with van der Waals surface area (Å²) in [7, 11) is -2.62. The van der Waals surface area contributed by atoms with Crippen molar-refractivity contribution in [2.24, 2.45) is 5.10 Å². The van der Waals surface area contributed by atoms with E-state index in [0.717, 1.165) is 34.1 Å². The van der Waals surface area contributed by atoms with Crippen LogP contribution in [0.5, 0.6) is 0 Å². The van der Waals surface area contributed by atoms with Gasteiger partial charge in [-0.3, -0.25) is 4.79 Å². The lowest BCUT2D eigenvalue weighted by atomic mass is 9.87. The number of hydrogen-bond donors (Lipinski definition) is 1. The van der Waals surface area contributed by atoms with Crippen molar-refractivity contribution in [3.63, 3.8) is 0 Å². The summed E-state index contributed by atoms with van der Waals surface area (Å²) in [6, 6.07) is 12.2. The fourth-order valence-electron chi connectivity index (χ4n) is 2.36. The minimum absolute atomic E-state index is 0.0461. The molecule has 6 nitrogen and oxygen atoms in total. The Kier molecular flexibility index (Phi) is 6.69. The Labute approximate surface area is 165 Å². The van der Waals surface area contributed by atoms with Crippen molar-refractivity contribution >= 4 is 22.1 Å². The molecule has 28 heavy (non-hydrogen) atoms. The first-order chi connectivity index (χ1) is 13.0. The lowest BCUT2D eigenvalue weighted by Crippen LogP contribution is -2.36. The van der Waals surface area contributed by atoms with Crippen LogP contribution in [0.25, 0.3) is 0 Å². The number of rotatable bonds is 6.